The van der Waals surface area contributed by atoms with Gasteiger partial charge in [-0.05, 0) is 18.2 Å². The predicted octanol–water partition coefficient (Wildman–Crippen LogP) is 1.06. The number of hydrogen-bond donors (Lipinski definition) is 2. The Hall–Kier alpha value is -3.29. The largest absolute Gasteiger partial charge is 0.336 e. The highest BCUT2D eigenvalue weighted by Gasteiger charge is 2.36. The number of carbonyl (C=O) groups excluding carboxylic acids is 2. The molecular formula is C16H14N6O2. The highest BCUT2D eigenvalue weighted by atomic mass is 16.2. The topological polar surface area (TPSA) is 104 Å². The lowest BCUT2D eigenvalue weighted by molar-refractivity contribution is -0.123. The summed E-state index contributed by atoms with van der Waals surface area (Å²) in [5.41, 5.74) is 1.86. The van der Waals surface area contributed by atoms with Crippen molar-refractivity contribution in [3.8, 4) is 0 Å². The standard InChI is InChI=1S/C16H14N6O2/c23-15(20-12-2-1-10-6-19-21-13(10)5-12)11-8-22(9-11)16(24)14-7-17-3-4-18-14/h1-7,11H,8-9H2,(H,19,21)(H,20,23). The molecule has 3 aromatic rings. The number of likely N-dealkylation sites (tertiary alicyclic amines) is 1. The molecule has 8 heteroatoms. The van der Waals surface area contributed by atoms with E-state index in [9.17, 15) is 9.59 Å². The van der Waals surface area contributed by atoms with Gasteiger partial charge in [0.05, 0.1) is 23.8 Å². The van der Waals surface area contributed by atoms with E-state index in [1.165, 1.54) is 18.6 Å². The Bertz CT molecular complexity index is 901. The second kappa shape index (κ2) is 5.73. The summed E-state index contributed by atoms with van der Waals surface area (Å²) >= 11 is 0. The number of aromatic nitrogens is 4. The third kappa shape index (κ3) is 2.58. The van der Waals surface area contributed by atoms with E-state index in [-0.39, 0.29) is 17.7 Å². The maximum Gasteiger partial charge on any atom is 0.274 e. The molecule has 3 heterocycles. The van der Waals surface area contributed by atoms with Gasteiger partial charge >= 0.3 is 0 Å². The molecule has 2 N–H and O–H groups in total. The molecule has 8 nitrogen and oxygen atoms in total. The van der Waals surface area contributed by atoms with Gasteiger partial charge in [0.1, 0.15) is 5.69 Å². The minimum atomic E-state index is -0.219. The fourth-order valence-corrected chi connectivity index (χ4v) is 2.64. The molecule has 2 amide bonds. The molecule has 1 saturated heterocycles. The van der Waals surface area contributed by atoms with Crippen molar-refractivity contribution in [3.05, 3.63) is 48.7 Å². The third-order valence-corrected chi connectivity index (χ3v) is 4.03. The first kappa shape index (κ1) is 14.3. The zero-order valence-electron chi connectivity index (χ0n) is 12.6. The average Bonchev–Trinajstić information content (AvgIpc) is 3.02. The maximum absolute atomic E-state index is 12.3. The Morgan fingerprint density at radius 1 is 1.21 bits per heavy atom. The Labute approximate surface area is 136 Å². The Balaban J connectivity index is 1.36. The first-order valence-corrected chi connectivity index (χ1v) is 7.50. The molecule has 0 spiro atoms. The van der Waals surface area contributed by atoms with E-state index in [4.69, 9.17) is 0 Å². The number of rotatable bonds is 3. The van der Waals surface area contributed by atoms with Gasteiger partial charge in [0.15, 0.2) is 0 Å². The maximum atomic E-state index is 12.3. The molecule has 120 valence electrons. The van der Waals surface area contributed by atoms with E-state index < -0.39 is 0 Å². The van der Waals surface area contributed by atoms with Crippen molar-refractivity contribution < 1.29 is 9.59 Å². The van der Waals surface area contributed by atoms with E-state index >= 15 is 0 Å². The van der Waals surface area contributed by atoms with Crippen molar-refractivity contribution >= 4 is 28.4 Å². The van der Waals surface area contributed by atoms with Crippen LogP contribution in [0.4, 0.5) is 5.69 Å². The summed E-state index contributed by atoms with van der Waals surface area (Å²) in [4.78, 5) is 33.9. The monoisotopic (exact) mass is 322 g/mol. The van der Waals surface area contributed by atoms with Crippen molar-refractivity contribution in [3.63, 3.8) is 0 Å². The number of carbonyl (C=O) groups is 2. The lowest BCUT2D eigenvalue weighted by atomic mass is 9.98. The smallest absolute Gasteiger partial charge is 0.274 e. The minimum absolute atomic E-state index is 0.0999. The van der Waals surface area contributed by atoms with E-state index in [2.05, 4.69) is 25.5 Å². The van der Waals surface area contributed by atoms with Crippen molar-refractivity contribution in [2.75, 3.05) is 18.4 Å². The van der Waals surface area contributed by atoms with Gasteiger partial charge in [0, 0.05) is 36.6 Å². The highest BCUT2D eigenvalue weighted by Crippen LogP contribution is 2.21. The second-order valence-corrected chi connectivity index (χ2v) is 5.66. The fourth-order valence-electron chi connectivity index (χ4n) is 2.64. The van der Waals surface area contributed by atoms with Crippen LogP contribution in [0.25, 0.3) is 10.9 Å². The Morgan fingerprint density at radius 2 is 2.08 bits per heavy atom. The van der Waals surface area contributed by atoms with Crippen LogP contribution in [0.3, 0.4) is 0 Å². The fraction of sp³-hybridized carbons (Fsp3) is 0.188. The first-order chi connectivity index (χ1) is 11.7. The van der Waals surface area contributed by atoms with Crippen molar-refractivity contribution in [2.24, 2.45) is 5.92 Å². The van der Waals surface area contributed by atoms with Crippen LogP contribution in [-0.4, -0.2) is 50.0 Å². The number of H-pyrrole nitrogens is 1. The lowest BCUT2D eigenvalue weighted by Crippen LogP contribution is -2.54. The summed E-state index contributed by atoms with van der Waals surface area (Å²) in [6.07, 6.45) is 6.14. The van der Waals surface area contributed by atoms with Crippen LogP contribution in [0.1, 0.15) is 10.5 Å². The quantitative estimate of drug-likeness (QED) is 0.750. The van der Waals surface area contributed by atoms with Crippen LogP contribution in [0.15, 0.2) is 43.0 Å². The zero-order chi connectivity index (χ0) is 16.5. The average molecular weight is 322 g/mol. The first-order valence-electron chi connectivity index (χ1n) is 7.50. The molecule has 0 aliphatic carbocycles. The molecule has 2 aromatic heterocycles. The summed E-state index contributed by atoms with van der Waals surface area (Å²) in [6, 6.07) is 5.55. The van der Waals surface area contributed by atoms with Gasteiger partial charge in [-0.15, -0.1) is 0 Å². The summed E-state index contributed by atoms with van der Waals surface area (Å²) in [5, 5.41) is 10.7. The van der Waals surface area contributed by atoms with Crippen LogP contribution in [-0.2, 0) is 4.79 Å². The molecule has 0 radical (unpaired) electrons. The number of amides is 2. The number of anilines is 1. The van der Waals surface area contributed by atoms with E-state index in [1.807, 2.05) is 18.2 Å². The molecule has 0 atom stereocenters. The molecule has 4 rings (SSSR count). The van der Waals surface area contributed by atoms with Gasteiger partial charge in [-0.25, -0.2) is 4.98 Å². The van der Waals surface area contributed by atoms with Gasteiger partial charge < -0.3 is 10.2 Å². The normalized spacial score (nSPS) is 14.4. The summed E-state index contributed by atoms with van der Waals surface area (Å²) in [5.74, 6) is -0.522. The molecule has 1 aliphatic rings. The van der Waals surface area contributed by atoms with Crippen LogP contribution >= 0.6 is 0 Å². The molecule has 1 aromatic carbocycles. The molecule has 0 bridgehead atoms. The van der Waals surface area contributed by atoms with Crippen LogP contribution in [0, 0.1) is 5.92 Å². The van der Waals surface area contributed by atoms with Crippen LogP contribution < -0.4 is 5.32 Å². The van der Waals surface area contributed by atoms with Crippen molar-refractivity contribution in [1.82, 2.24) is 25.1 Å². The Kier molecular flexibility index (Phi) is 3.42. The SMILES string of the molecule is O=C(Nc1ccc2cn[nH]c2c1)C1CN(C(=O)c2cnccn2)C1. The number of benzene rings is 1. The summed E-state index contributed by atoms with van der Waals surface area (Å²) in [7, 11) is 0. The van der Waals surface area contributed by atoms with Gasteiger partial charge in [0.25, 0.3) is 5.91 Å². The number of hydrogen-bond acceptors (Lipinski definition) is 5. The van der Waals surface area contributed by atoms with E-state index in [0.717, 1.165) is 10.9 Å². The van der Waals surface area contributed by atoms with Gasteiger partial charge in [-0.1, -0.05) is 0 Å². The Morgan fingerprint density at radius 3 is 2.88 bits per heavy atom. The van der Waals surface area contributed by atoms with Crippen molar-refractivity contribution in [2.45, 2.75) is 0 Å². The number of aromatic amines is 1. The lowest BCUT2D eigenvalue weighted by Gasteiger charge is -2.37. The number of nitrogens with one attached hydrogen (secondary N) is 2. The predicted molar refractivity (Wildman–Crippen MR) is 86.1 cm³/mol. The van der Waals surface area contributed by atoms with Gasteiger partial charge in [-0.3, -0.25) is 19.7 Å². The third-order valence-electron chi connectivity index (χ3n) is 4.03. The van der Waals surface area contributed by atoms with E-state index in [1.54, 1.807) is 11.1 Å². The van der Waals surface area contributed by atoms with Gasteiger partial charge in [-0.2, -0.15) is 5.10 Å². The second-order valence-electron chi connectivity index (χ2n) is 5.66. The minimum Gasteiger partial charge on any atom is -0.336 e. The molecule has 0 saturated carbocycles. The summed E-state index contributed by atoms with van der Waals surface area (Å²) in [6.45, 7) is 0.765. The molecular weight excluding hydrogens is 308 g/mol. The van der Waals surface area contributed by atoms with Crippen LogP contribution in [0.5, 0.6) is 0 Å². The van der Waals surface area contributed by atoms with E-state index in [0.29, 0.717) is 24.5 Å². The highest BCUT2D eigenvalue weighted by molar-refractivity contribution is 5.98. The molecule has 24 heavy (non-hydrogen) atoms. The van der Waals surface area contributed by atoms with Crippen molar-refractivity contribution in [1.29, 1.82) is 0 Å². The molecule has 1 fully saturated rings. The summed E-state index contributed by atoms with van der Waals surface area (Å²) < 4.78 is 0. The number of nitrogens with zero attached hydrogens (tertiary/aromatic N) is 4. The molecule has 0 unspecified atom stereocenters. The van der Waals surface area contributed by atoms with Crippen LogP contribution in [0.2, 0.25) is 0 Å². The van der Waals surface area contributed by atoms with Gasteiger partial charge in [0.2, 0.25) is 5.91 Å². The molecule has 1 aliphatic heterocycles. The zero-order valence-corrected chi connectivity index (χ0v) is 12.6. The number of fused-ring (bicyclic) bond motifs is 1.